The monoisotopic (exact) mass is 272 g/mol. The van der Waals surface area contributed by atoms with Crippen molar-refractivity contribution in [1.29, 1.82) is 0 Å². The molecule has 1 aromatic rings. The molecule has 0 aromatic heterocycles. The fraction of sp³-hybridized carbons (Fsp3) is 0.462. The van der Waals surface area contributed by atoms with E-state index >= 15 is 0 Å². The summed E-state index contributed by atoms with van der Waals surface area (Å²) in [4.78, 5) is 10.9. The van der Waals surface area contributed by atoms with Crippen molar-refractivity contribution < 1.29 is 18.3 Å². The minimum Gasteiger partial charge on any atom is -0.434 e. The first-order chi connectivity index (χ1) is 8.80. The third-order valence-electron chi connectivity index (χ3n) is 2.56. The normalized spacial score (nSPS) is 11.6. The first kappa shape index (κ1) is 15.4. The number of ether oxygens (including phenoxy) is 1. The highest BCUT2D eigenvalue weighted by Gasteiger charge is 2.20. The molecule has 3 N–H and O–H groups in total. The SMILES string of the molecule is CC(C)(CC(N)=O)NCc1ccccc1OC(F)F. The molecule has 6 heteroatoms. The number of rotatable bonds is 7. The summed E-state index contributed by atoms with van der Waals surface area (Å²) in [6.07, 6.45) is 0.158. The van der Waals surface area contributed by atoms with Crippen LogP contribution in [-0.4, -0.2) is 18.1 Å². The van der Waals surface area contributed by atoms with Crippen molar-refractivity contribution in [2.24, 2.45) is 5.73 Å². The van der Waals surface area contributed by atoms with Gasteiger partial charge in [0.2, 0.25) is 5.91 Å². The van der Waals surface area contributed by atoms with Gasteiger partial charge in [-0.1, -0.05) is 18.2 Å². The van der Waals surface area contributed by atoms with Gasteiger partial charge in [0.15, 0.2) is 0 Å². The van der Waals surface area contributed by atoms with Gasteiger partial charge in [-0.3, -0.25) is 4.79 Å². The number of hydrogen-bond donors (Lipinski definition) is 2. The van der Waals surface area contributed by atoms with Crippen LogP contribution in [0.25, 0.3) is 0 Å². The highest BCUT2D eigenvalue weighted by atomic mass is 19.3. The zero-order valence-electron chi connectivity index (χ0n) is 11.0. The summed E-state index contributed by atoms with van der Waals surface area (Å²) in [5.41, 5.74) is 5.23. The van der Waals surface area contributed by atoms with Gasteiger partial charge < -0.3 is 15.8 Å². The quantitative estimate of drug-likeness (QED) is 0.798. The molecule has 0 aliphatic heterocycles. The van der Waals surface area contributed by atoms with E-state index in [9.17, 15) is 13.6 Å². The summed E-state index contributed by atoms with van der Waals surface area (Å²) in [7, 11) is 0. The second kappa shape index (κ2) is 6.47. The molecule has 4 nitrogen and oxygen atoms in total. The standard InChI is InChI=1S/C13H18F2N2O2/c1-13(2,7-11(16)18)17-8-9-5-3-4-6-10(9)19-12(14)15/h3-6,12,17H,7-8H2,1-2H3,(H2,16,18). The Kier molecular flexibility index (Phi) is 5.23. The smallest absolute Gasteiger partial charge is 0.387 e. The Labute approximate surface area is 110 Å². The maximum absolute atomic E-state index is 12.2. The van der Waals surface area contributed by atoms with E-state index in [1.54, 1.807) is 18.2 Å². The van der Waals surface area contributed by atoms with Gasteiger partial charge in [-0.25, -0.2) is 0 Å². The van der Waals surface area contributed by atoms with Crippen LogP contribution in [0.15, 0.2) is 24.3 Å². The maximum Gasteiger partial charge on any atom is 0.387 e. The number of nitrogens with two attached hydrogens (primary N) is 1. The first-order valence-electron chi connectivity index (χ1n) is 5.86. The van der Waals surface area contributed by atoms with Gasteiger partial charge in [0.1, 0.15) is 5.75 Å². The van der Waals surface area contributed by atoms with Gasteiger partial charge >= 0.3 is 6.61 Å². The summed E-state index contributed by atoms with van der Waals surface area (Å²) in [5.74, 6) is -0.297. The third kappa shape index (κ3) is 5.65. The molecule has 0 saturated carbocycles. The lowest BCUT2D eigenvalue weighted by molar-refractivity contribution is -0.119. The number of carbonyl (C=O) groups is 1. The van der Waals surface area contributed by atoms with E-state index in [-0.39, 0.29) is 12.2 Å². The number of nitrogens with one attached hydrogen (secondary N) is 1. The van der Waals surface area contributed by atoms with E-state index in [2.05, 4.69) is 10.1 Å². The fourth-order valence-electron chi connectivity index (χ4n) is 1.69. The van der Waals surface area contributed by atoms with Gasteiger partial charge in [-0.15, -0.1) is 0 Å². The van der Waals surface area contributed by atoms with E-state index in [1.807, 2.05) is 13.8 Å². The summed E-state index contributed by atoms with van der Waals surface area (Å²) in [5, 5.41) is 3.09. The Morgan fingerprint density at radius 2 is 2.05 bits per heavy atom. The topological polar surface area (TPSA) is 64.4 Å². The minimum atomic E-state index is -2.86. The highest BCUT2D eigenvalue weighted by molar-refractivity contribution is 5.75. The Bertz CT molecular complexity index is 436. The van der Waals surface area contributed by atoms with Crippen LogP contribution in [0.2, 0.25) is 0 Å². The van der Waals surface area contributed by atoms with Crippen LogP contribution >= 0.6 is 0 Å². The molecule has 0 atom stereocenters. The fourth-order valence-corrected chi connectivity index (χ4v) is 1.69. The van der Waals surface area contributed by atoms with E-state index in [1.165, 1.54) is 6.07 Å². The second-order valence-corrected chi connectivity index (χ2v) is 4.87. The number of primary amides is 1. The van der Waals surface area contributed by atoms with E-state index in [4.69, 9.17) is 5.73 Å². The Morgan fingerprint density at radius 3 is 2.63 bits per heavy atom. The van der Waals surface area contributed by atoms with E-state index in [0.29, 0.717) is 12.1 Å². The van der Waals surface area contributed by atoms with Crippen molar-refractivity contribution in [3.8, 4) is 5.75 Å². The lowest BCUT2D eigenvalue weighted by Crippen LogP contribution is -2.42. The molecule has 0 saturated heterocycles. The molecular weight excluding hydrogens is 254 g/mol. The molecule has 0 bridgehead atoms. The van der Waals surface area contributed by atoms with Gasteiger partial charge in [0, 0.05) is 24.1 Å². The van der Waals surface area contributed by atoms with Crippen molar-refractivity contribution in [1.82, 2.24) is 5.32 Å². The van der Waals surface area contributed by atoms with Crippen LogP contribution in [0.5, 0.6) is 5.75 Å². The Hall–Kier alpha value is -1.69. The molecule has 0 fully saturated rings. The molecule has 0 aliphatic carbocycles. The summed E-state index contributed by atoms with van der Waals surface area (Å²) >= 11 is 0. The second-order valence-electron chi connectivity index (χ2n) is 4.87. The zero-order valence-corrected chi connectivity index (χ0v) is 11.0. The van der Waals surface area contributed by atoms with Crippen molar-refractivity contribution in [3.63, 3.8) is 0 Å². The van der Waals surface area contributed by atoms with Gasteiger partial charge in [-0.05, 0) is 19.9 Å². The number of amides is 1. The maximum atomic E-state index is 12.2. The van der Waals surface area contributed by atoms with Crippen molar-refractivity contribution >= 4 is 5.91 Å². The number of benzene rings is 1. The lowest BCUT2D eigenvalue weighted by Gasteiger charge is -2.25. The number of alkyl halides is 2. The largest absolute Gasteiger partial charge is 0.434 e. The number of carbonyl (C=O) groups excluding carboxylic acids is 1. The summed E-state index contributed by atoms with van der Waals surface area (Å²) in [6, 6.07) is 6.52. The molecule has 19 heavy (non-hydrogen) atoms. The number of halogens is 2. The molecule has 1 rings (SSSR count). The molecule has 0 aliphatic rings. The average molecular weight is 272 g/mol. The van der Waals surface area contributed by atoms with Crippen molar-refractivity contribution in [3.05, 3.63) is 29.8 Å². The first-order valence-corrected chi connectivity index (χ1v) is 5.86. The van der Waals surface area contributed by atoms with E-state index < -0.39 is 18.1 Å². The predicted molar refractivity (Wildman–Crippen MR) is 67.8 cm³/mol. The molecule has 0 unspecified atom stereocenters. The van der Waals surface area contributed by atoms with Gasteiger partial charge in [-0.2, -0.15) is 8.78 Å². The van der Waals surface area contributed by atoms with Crippen LogP contribution in [0, 0.1) is 0 Å². The molecule has 106 valence electrons. The van der Waals surface area contributed by atoms with Crippen molar-refractivity contribution in [2.45, 2.75) is 39.0 Å². The molecule has 1 aromatic carbocycles. The summed E-state index contributed by atoms with van der Waals surface area (Å²) in [6.45, 7) is 1.08. The predicted octanol–water partition coefficient (Wildman–Crippen LogP) is 2.03. The molecule has 0 spiro atoms. The Morgan fingerprint density at radius 1 is 1.42 bits per heavy atom. The van der Waals surface area contributed by atoms with Crippen LogP contribution < -0.4 is 15.8 Å². The Balaban J connectivity index is 2.69. The van der Waals surface area contributed by atoms with Crippen molar-refractivity contribution in [2.75, 3.05) is 0 Å². The number of hydrogen-bond acceptors (Lipinski definition) is 3. The van der Waals surface area contributed by atoms with Crippen LogP contribution in [-0.2, 0) is 11.3 Å². The van der Waals surface area contributed by atoms with Gasteiger partial charge in [0.25, 0.3) is 0 Å². The van der Waals surface area contributed by atoms with Crippen LogP contribution in [0.4, 0.5) is 8.78 Å². The highest BCUT2D eigenvalue weighted by Crippen LogP contribution is 2.21. The average Bonchev–Trinajstić information content (AvgIpc) is 2.25. The lowest BCUT2D eigenvalue weighted by atomic mass is 10.00. The zero-order chi connectivity index (χ0) is 14.5. The number of para-hydroxylation sites is 1. The van der Waals surface area contributed by atoms with Gasteiger partial charge in [0.05, 0.1) is 0 Å². The van der Waals surface area contributed by atoms with Crippen LogP contribution in [0.3, 0.4) is 0 Å². The molecule has 1 amide bonds. The third-order valence-corrected chi connectivity index (χ3v) is 2.56. The minimum absolute atomic E-state index is 0.125. The van der Waals surface area contributed by atoms with Crippen LogP contribution in [0.1, 0.15) is 25.8 Å². The van der Waals surface area contributed by atoms with E-state index in [0.717, 1.165) is 0 Å². The summed E-state index contributed by atoms with van der Waals surface area (Å²) < 4.78 is 28.9. The molecular formula is C13H18F2N2O2. The molecule has 0 heterocycles. The molecule has 0 radical (unpaired) electrons.